The first-order valence-electron chi connectivity index (χ1n) is 8.01. The lowest BCUT2D eigenvalue weighted by Crippen LogP contribution is -2.43. The van der Waals surface area contributed by atoms with E-state index in [1.54, 1.807) is 7.05 Å². The molecular formula is C15H31F3N4. The van der Waals surface area contributed by atoms with E-state index >= 15 is 0 Å². The van der Waals surface area contributed by atoms with Crippen LogP contribution in [0.3, 0.4) is 0 Å². The van der Waals surface area contributed by atoms with Gasteiger partial charge in [0.1, 0.15) is 0 Å². The van der Waals surface area contributed by atoms with E-state index in [-0.39, 0.29) is 0 Å². The van der Waals surface area contributed by atoms with Crippen LogP contribution in [0.25, 0.3) is 0 Å². The van der Waals surface area contributed by atoms with Crippen molar-refractivity contribution in [3.05, 3.63) is 0 Å². The molecule has 4 nitrogen and oxygen atoms in total. The van der Waals surface area contributed by atoms with Crippen molar-refractivity contribution >= 4 is 5.96 Å². The molecule has 0 fully saturated rings. The zero-order valence-electron chi connectivity index (χ0n) is 14.3. The number of hydrogen-bond donors (Lipinski definition) is 2. The Kier molecular flexibility index (Phi) is 11.1. The number of nitrogens with zero attached hydrogens (tertiary/aromatic N) is 2. The molecule has 1 atom stereocenters. The van der Waals surface area contributed by atoms with E-state index in [2.05, 4.69) is 29.5 Å². The highest BCUT2D eigenvalue weighted by Gasteiger charge is 2.28. The number of aliphatic imine (C=N–C) groups is 1. The third kappa shape index (κ3) is 12.7. The van der Waals surface area contributed by atoms with Gasteiger partial charge in [-0.15, -0.1) is 0 Å². The summed E-state index contributed by atoms with van der Waals surface area (Å²) in [4.78, 5) is 5.42. The molecule has 0 heterocycles. The lowest BCUT2D eigenvalue weighted by Gasteiger charge is -2.20. The van der Waals surface area contributed by atoms with Gasteiger partial charge in [0.2, 0.25) is 0 Å². The van der Waals surface area contributed by atoms with Crippen molar-refractivity contribution in [3.63, 3.8) is 0 Å². The fourth-order valence-corrected chi connectivity index (χ4v) is 2.14. The van der Waals surface area contributed by atoms with E-state index in [9.17, 15) is 13.2 Å². The summed E-state index contributed by atoms with van der Waals surface area (Å²) in [5.74, 6) is 0.711. The van der Waals surface area contributed by atoms with Crippen molar-refractivity contribution in [3.8, 4) is 0 Å². The van der Waals surface area contributed by atoms with Crippen molar-refractivity contribution in [2.24, 2.45) is 4.99 Å². The van der Waals surface area contributed by atoms with Crippen LogP contribution in [0.15, 0.2) is 4.99 Å². The van der Waals surface area contributed by atoms with Crippen molar-refractivity contribution in [2.75, 3.05) is 33.7 Å². The summed E-state index contributed by atoms with van der Waals surface area (Å²) in [5.41, 5.74) is 0. The van der Waals surface area contributed by atoms with E-state index in [0.29, 0.717) is 31.5 Å². The van der Waals surface area contributed by atoms with Crippen molar-refractivity contribution in [2.45, 2.75) is 58.2 Å². The molecule has 0 bridgehead atoms. The largest absolute Gasteiger partial charge is 0.401 e. The van der Waals surface area contributed by atoms with Gasteiger partial charge in [0.25, 0.3) is 0 Å². The molecule has 0 aliphatic rings. The van der Waals surface area contributed by atoms with Crippen LogP contribution in [-0.2, 0) is 0 Å². The van der Waals surface area contributed by atoms with Gasteiger partial charge in [-0.2, -0.15) is 13.2 Å². The molecule has 0 aromatic rings. The number of guanidine groups is 1. The summed E-state index contributed by atoms with van der Waals surface area (Å²) >= 11 is 0. The van der Waals surface area contributed by atoms with Crippen LogP contribution >= 0.6 is 0 Å². The molecule has 0 radical (unpaired) electrons. The van der Waals surface area contributed by atoms with Crippen LogP contribution in [0.1, 0.15) is 46.0 Å². The Morgan fingerprint density at radius 1 is 1.23 bits per heavy atom. The summed E-state index contributed by atoms with van der Waals surface area (Å²) in [6, 6.07) is 0.339. The van der Waals surface area contributed by atoms with Crippen LogP contribution in [0.4, 0.5) is 13.2 Å². The minimum absolute atomic E-state index is 0.339. The standard InChI is InChI=1S/C15H31F3N4/c1-5-6-7-9-13(2)21-14(19-3)20-10-8-11-22(4)12-15(16,17)18/h13H,5-12H2,1-4H3,(H2,19,20,21). The fraction of sp³-hybridized carbons (Fsp3) is 0.933. The molecule has 0 saturated carbocycles. The third-order valence-electron chi connectivity index (χ3n) is 3.31. The average Bonchev–Trinajstić information content (AvgIpc) is 2.40. The van der Waals surface area contributed by atoms with Gasteiger partial charge in [0, 0.05) is 19.6 Å². The fourth-order valence-electron chi connectivity index (χ4n) is 2.14. The lowest BCUT2D eigenvalue weighted by atomic mass is 10.1. The van der Waals surface area contributed by atoms with Crippen LogP contribution < -0.4 is 10.6 Å². The van der Waals surface area contributed by atoms with Crippen LogP contribution in [0.5, 0.6) is 0 Å². The first kappa shape index (κ1) is 21.0. The first-order valence-corrected chi connectivity index (χ1v) is 8.01. The SMILES string of the molecule is CCCCCC(C)NC(=NC)NCCCN(C)CC(F)(F)F. The lowest BCUT2D eigenvalue weighted by molar-refractivity contribution is -0.143. The smallest absolute Gasteiger partial charge is 0.356 e. The number of nitrogens with one attached hydrogen (secondary N) is 2. The maximum absolute atomic E-state index is 12.2. The Balaban J connectivity index is 3.82. The number of halogens is 3. The van der Waals surface area contributed by atoms with Gasteiger partial charge in [0.05, 0.1) is 6.54 Å². The predicted octanol–water partition coefficient (Wildman–Crippen LogP) is 3.00. The Hall–Kier alpha value is -0.980. The van der Waals surface area contributed by atoms with Crippen LogP contribution in [0.2, 0.25) is 0 Å². The number of unbranched alkanes of at least 4 members (excludes halogenated alkanes) is 2. The molecule has 2 N–H and O–H groups in total. The third-order valence-corrected chi connectivity index (χ3v) is 3.31. The van der Waals surface area contributed by atoms with Crippen molar-refractivity contribution in [1.82, 2.24) is 15.5 Å². The van der Waals surface area contributed by atoms with Gasteiger partial charge in [-0.05, 0) is 33.4 Å². The maximum Gasteiger partial charge on any atom is 0.401 e. The zero-order chi connectivity index (χ0) is 17.0. The number of alkyl halides is 3. The molecule has 22 heavy (non-hydrogen) atoms. The molecule has 0 aliphatic heterocycles. The van der Waals surface area contributed by atoms with Crippen molar-refractivity contribution < 1.29 is 13.2 Å². The molecule has 0 amide bonds. The van der Waals surface area contributed by atoms with E-state index in [1.165, 1.54) is 31.2 Å². The Morgan fingerprint density at radius 3 is 2.45 bits per heavy atom. The highest BCUT2D eigenvalue weighted by Crippen LogP contribution is 2.15. The van der Waals surface area contributed by atoms with Gasteiger partial charge in [-0.25, -0.2) is 0 Å². The average molecular weight is 324 g/mol. The van der Waals surface area contributed by atoms with Gasteiger partial charge in [0.15, 0.2) is 5.96 Å². The molecule has 0 spiro atoms. The monoisotopic (exact) mass is 324 g/mol. The minimum Gasteiger partial charge on any atom is -0.356 e. The van der Waals surface area contributed by atoms with Crippen LogP contribution in [-0.4, -0.2) is 56.8 Å². The van der Waals surface area contributed by atoms with E-state index < -0.39 is 12.7 Å². The Morgan fingerprint density at radius 2 is 1.91 bits per heavy atom. The summed E-state index contributed by atoms with van der Waals surface area (Å²) in [6.07, 6.45) is 1.20. The summed E-state index contributed by atoms with van der Waals surface area (Å²) in [7, 11) is 3.18. The van der Waals surface area contributed by atoms with Gasteiger partial charge >= 0.3 is 6.18 Å². The molecule has 1 unspecified atom stereocenters. The molecule has 0 aliphatic carbocycles. The molecule has 0 aromatic heterocycles. The van der Waals surface area contributed by atoms with Crippen LogP contribution in [0, 0.1) is 0 Å². The highest BCUT2D eigenvalue weighted by molar-refractivity contribution is 5.79. The topological polar surface area (TPSA) is 39.7 Å². The molecule has 0 saturated heterocycles. The van der Waals surface area contributed by atoms with Crippen molar-refractivity contribution in [1.29, 1.82) is 0 Å². The molecule has 0 rings (SSSR count). The van der Waals surface area contributed by atoms with E-state index in [1.807, 2.05) is 0 Å². The maximum atomic E-state index is 12.2. The highest BCUT2D eigenvalue weighted by atomic mass is 19.4. The molecule has 0 aromatic carbocycles. The second kappa shape index (κ2) is 11.6. The van der Waals surface area contributed by atoms with Gasteiger partial charge in [-0.1, -0.05) is 26.2 Å². The normalized spacial score (nSPS) is 14.3. The van der Waals surface area contributed by atoms with Gasteiger partial charge in [-0.3, -0.25) is 9.89 Å². The summed E-state index contributed by atoms with van der Waals surface area (Å²) in [6.45, 7) is 4.42. The summed E-state index contributed by atoms with van der Waals surface area (Å²) < 4.78 is 36.5. The van der Waals surface area contributed by atoms with Gasteiger partial charge < -0.3 is 10.6 Å². The zero-order valence-corrected chi connectivity index (χ0v) is 14.3. The molecule has 132 valence electrons. The minimum atomic E-state index is -4.13. The second-order valence-electron chi connectivity index (χ2n) is 5.75. The molecular weight excluding hydrogens is 293 g/mol. The second-order valence-corrected chi connectivity index (χ2v) is 5.75. The number of rotatable bonds is 10. The number of hydrogen-bond acceptors (Lipinski definition) is 2. The Bertz CT molecular complexity index is 306. The molecule has 7 heteroatoms. The Labute approximate surface area is 132 Å². The van der Waals surface area contributed by atoms with E-state index in [4.69, 9.17) is 0 Å². The summed E-state index contributed by atoms with van der Waals surface area (Å²) in [5, 5.41) is 6.44. The quantitative estimate of drug-likeness (QED) is 0.369. The first-order chi connectivity index (χ1) is 10.3. The van der Waals surface area contributed by atoms with E-state index in [0.717, 1.165) is 6.42 Å². The predicted molar refractivity (Wildman–Crippen MR) is 86.3 cm³/mol.